The molecule has 0 aliphatic carbocycles. The van der Waals surface area contributed by atoms with E-state index in [-0.39, 0.29) is 5.91 Å². The summed E-state index contributed by atoms with van der Waals surface area (Å²) in [4.78, 5) is 21.4. The summed E-state index contributed by atoms with van der Waals surface area (Å²) in [5.41, 5.74) is 2.95. The number of carbonyl (C=O) groups excluding carboxylic acids is 1. The highest BCUT2D eigenvalue weighted by molar-refractivity contribution is 6.03. The maximum atomic E-state index is 12.8. The SMILES string of the molecule is CCOc1ccccc1Nc1cc(C(=O)Nc2ccccc2CC)nc(C)n1. The lowest BCUT2D eigenvalue weighted by Gasteiger charge is -2.13. The van der Waals surface area contributed by atoms with Crippen LogP contribution in [-0.2, 0) is 6.42 Å². The van der Waals surface area contributed by atoms with Crippen LogP contribution in [0.3, 0.4) is 0 Å². The second kappa shape index (κ2) is 8.99. The van der Waals surface area contributed by atoms with Gasteiger partial charge < -0.3 is 15.4 Å². The summed E-state index contributed by atoms with van der Waals surface area (Å²) in [6, 6.07) is 17.0. The average molecular weight is 376 g/mol. The molecule has 0 fully saturated rings. The van der Waals surface area contributed by atoms with Crippen LogP contribution in [0.2, 0.25) is 0 Å². The zero-order valence-electron chi connectivity index (χ0n) is 16.3. The molecule has 0 spiro atoms. The molecule has 28 heavy (non-hydrogen) atoms. The minimum atomic E-state index is -0.271. The molecule has 0 saturated heterocycles. The van der Waals surface area contributed by atoms with Gasteiger partial charge in [-0.2, -0.15) is 0 Å². The van der Waals surface area contributed by atoms with Gasteiger partial charge in [0.05, 0.1) is 12.3 Å². The van der Waals surface area contributed by atoms with Gasteiger partial charge in [-0.05, 0) is 44.0 Å². The fourth-order valence-electron chi connectivity index (χ4n) is 2.87. The maximum Gasteiger partial charge on any atom is 0.274 e. The molecule has 0 aliphatic rings. The second-order valence-corrected chi connectivity index (χ2v) is 6.20. The van der Waals surface area contributed by atoms with Gasteiger partial charge in [0, 0.05) is 11.8 Å². The number of benzene rings is 2. The largest absolute Gasteiger partial charge is 0.492 e. The Morgan fingerprint density at radius 3 is 2.46 bits per heavy atom. The smallest absolute Gasteiger partial charge is 0.274 e. The van der Waals surface area contributed by atoms with Gasteiger partial charge in [0.25, 0.3) is 5.91 Å². The number of nitrogens with zero attached hydrogens (tertiary/aromatic N) is 2. The molecule has 1 amide bonds. The minimum absolute atomic E-state index is 0.271. The highest BCUT2D eigenvalue weighted by Gasteiger charge is 2.13. The van der Waals surface area contributed by atoms with Crippen molar-refractivity contribution in [3.8, 4) is 5.75 Å². The van der Waals surface area contributed by atoms with Crippen LogP contribution in [0.5, 0.6) is 5.75 Å². The van der Waals surface area contributed by atoms with E-state index in [2.05, 4.69) is 27.5 Å². The van der Waals surface area contributed by atoms with Crippen molar-refractivity contribution in [3.05, 3.63) is 71.7 Å². The Hall–Kier alpha value is -3.41. The normalized spacial score (nSPS) is 10.4. The summed E-state index contributed by atoms with van der Waals surface area (Å²) < 4.78 is 5.64. The summed E-state index contributed by atoms with van der Waals surface area (Å²) >= 11 is 0. The molecule has 3 rings (SSSR count). The average Bonchev–Trinajstić information content (AvgIpc) is 2.69. The topological polar surface area (TPSA) is 76.1 Å². The van der Waals surface area contributed by atoms with Crippen LogP contribution in [0.15, 0.2) is 54.6 Å². The van der Waals surface area contributed by atoms with Crippen molar-refractivity contribution in [1.82, 2.24) is 9.97 Å². The molecule has 0 saturated carbocycles. The van der Waals surface area contributed by atoms with E-state index in [0.717, 1.165) is 29.1 Å². The van der Waals surface area contributed by atoms with Crippen molar-refractivity contribution in [2.45, 2.75) is 27.2 Å². The molecule has 2 N–H and O–H groups in total. The van der Waals surface area contributed by atoms with Gasteiger partial charge >= 0.3 is 0 Å². The van der Waals surface area contributed by atoms with Gasteiger partial charge in [-0.3, -0.25) is 4.79 Å². The Bertz CT molecular complexity index is 972. The fourth-order valence-corrected chi connectivity index (χ4v) is 2.87. The van der Waals surface area contributed by atoms with Crippen LogP contribution in [0.1, 0.15) is 35.7 Å². The summed E-state index contributed by atoms with van der Waals surface area (Å²) in [6.07, 6.45) is 0.834. The number of rotatable bonds is 7. The van der Waals surface area contributed by atoms with Crippen molar-refractivity contribution in [3.63, 3.8) is 0 Å². The van der Waals surface area contributed by atoms with Gasteiger partial charge in [0.2, 0.25) is 0 Å². The van der Waals surface area contributed by atoms with Crippen LogP contribution in [0.4, 0.5) is 17.2 Å². The first-order chi connectivity index (χ1) is 13.6. The quantitative estimate of drug-likeness (QED) is 0.623. The second-order valence-electron chi connectivity index (χ2n) is 6.20. The molecule has 0 aliphatic heterocycles. The first kappa shape index (κ1) is 19.4. The standard InChI is InChI=1S/C22H24N4O2/c1-4-16-10-6-7-11-17(16)26-22(27)19-14-21(24-15(3)23-19)25-18-12-8-9-13-20(18)28-5-2/h6-14H,4-5H2,1-3H3,(H,26,27)(H,23,24,25). The number of amides is 1. The van der Waals surface area contributed by atoms with E-state index in [4.69, 9.17) is 4.74 Å². The number of hydrogen-bond donors (Lipinski definition) is 2. The van der Waals surface area contributed by atoms with Crippen molar-refractivity contribution in [2.75, 3.05) is 17.2 Å². The van der Waals surface area contributed by atoms with Crippen LogP contribution in [0.25, 0.3) is 0 Å². The van der Waals surface area contributed by atoms with Crippen molar-refractivity contribution in [2.24, 2.45) is 0 Å². The number of aromatic nitrogens is 2. The predicted octanol–water partition coefficient (Wildman–Crippen LogP) is 4.74. The van der Waals surface area contributed by atoms with Gasteiger partial charge in [-0.25, -0.2) is 9.97 Å². The molecule has 0 radical (unpaired) electrons. The number of nitrogens with one attached hydrogen (secondary N) is 2. The number of anilines is 3. The molecule has 1 aromatic heterocycles. The minimum Gasteiger partial charge on any atom is -0.492 e. The molecule has 0 atom stereocenters. The molecule has 3 aromatic rings. The first-order valence-electron chi connectivity index (χ1n) is 9.34. The number of ether oxygens (including phenoxy) is 1. The lowest BCUT2D eigenvalue weighted by atomic mass is 10.1. The summed E-state index contributed by atoms with van der Waals surface area (Å²) in [6.45, 7) is 6.31. The molecular formula is C22H24N4O2. The molecule has 2 aromatic carbocycles. The maximum absolute atomic E-state index is 12.8. The van der Waals surface area contributed by atoms with Crippen molar-refractivity contribution in [1.29, 1.82) is 0 Å². The highest BCUT2D eigenvalue weighted by atomic mass is 16.5. The Morgan fingerprint density at radius 1 is 1.00 bits per heavy atom. The summed E-state index contributed by atoms with van der Waals surface area (Å²) in [5.74, 6) is 1.50. The van der Waals surface area contributed by atoms with Gasteiger partial charge in [0.1, 0.15) is 23.1 Å². The Morgan fingerprint density at radius 2 is 1.71 bits per heavy atom. The van der Waals surface area contributed by atoms with Crippen molar-refractivity contribution < 1.29 is 9.53 Å². The Balaban J connectivity index is 1.84. The number of carbonyl (C=O) groups is 1. The van der Waals surface area contributed by atoms with E-state index in [1.807, 2.05) is 55.5 Å². The van der Waals surface area contributed by atoms with Gasteiger partial charge in [-0.1, -0.05) is 37.3 Å². The van der Waals surface area contributed by atoms with Gasteiger partial charge in [0.15, 0.2) is 0 Å². The third-order valence-electron chi connectivity index (χ3n) is 4.17. The third-order valence-corrected chi connectivity index (χ3v) is 4.17. The van der Waals surface area contributed by atoms with E-state index >= 15 is 0 Å². The molecule has 6 nitrogen and oxygen atoms in total. The molecule has 144 valence electrons. The predicted molar refractivity (Wildman–Crippen MR) is 111 cm³/mol. The van der Waals surface area contributed by atoms with Crippen LogP contribution in [0, 0.1) is 6.92 Å². The Kier molecular flexibility index (Phi) is 6.22. The van der Waals surface area contributed by atoms with E-state index < -0.39 is 0 Å². The third kappa shape index (κ3) is 4.65. The number of hydrogen-bond acceptors (Lipinski definition) is 5. The lowest BCUT2D eigenvalue weighted by molar-refractivity contribution is 0.102. The molecular weight excluding hydrogens is 352 g/mol. The summed E-state index contributed by atoms with van der Waals surface area (Å²) in [5, 5.41) is 6.17. The number of para-hydroxylation sites is 3. The van der Waals surface area contributed by atoms with Crippen molar-refractivity contribution >= 4 is 23.1 Å². The van der Waals surface area contributed by atoms with E-state index in [0.29, 0.717) is 23.9 Å². The molecule has 6 heteroatoms. The molecule has 0 unspecified atom stereocenters. The zero-order chi connectivity index (χ0) is 19.9. The van der Waals surface area contributed by atoms with Gasteiger partial charge in [-0.15, -0.1) is 0 Å². The highest BCUT2D eigenvalue weighted by Crippen LogP contribution is 2.27. The van der Waals surface area contributed by atoms with E-state index in [1.165, 1.54) is 0 Å². The van der Waals surface area contributed by atoms with E-state index in [9.17, 15) is 4.79 Å². The molecule has 1 heterocycles. The van der Waals surface area contributed by atoms with Crippen LogP contribution < -0.4 is 15.4 Å². The van der Waals surface area contributed by atoms with Crippen LogP contribution >= 0.6 is 0 Å². The Labute approximate surface area is 165 Å². The fraction of sp³-hybridized carbons (Fsp3) is 0.227. The lowest BCUT2D eigenvalue weighted by Crippen LogP contribution is -2.16. The first-order valence-corrected chi connectivity index (χ1v) is 9.34. The van der Waals surface area contributed by atoms with E-state index in [1.54, 1.807) is 13.0 Å². The number of aryl methyl sites for hydroxylation is 2. The monoisotopic (exact) mass is 376 g/mol. The van der Waals surface area contributed by atoms with Crippen LogP contribution in [-0.4, -0.2) is 22.5 Å². The zero-order valence-corrected chi connectivity index (χ0v) is 16.3. The summed E-state index contributed by atoms with van der Waals surface area (Å²) in [7, 11) is 0. The molecule has 0 bridgehead atoms.